The van der Waals surface area contributed by atoms with E-state index in [1.807, 2.05) is 25.1 Å². The van der Waals surface area contributed by atoms with Crippen molar-refractivity contribution >= 4 is 27.3 Å². The molecule has 2 aromatic carbocycles. The molecule has 0 unspecified atom stereocenters. The van der Waals surface area contributed by atoms with Crippen molar-refractivity contribution < 1.29 is 13.2 Å². The van der Waals surface area contributed by atoms with E-state index in [9.17, 15) is 13.2 Å². The van der Waals surface area contributed by atoms with Gasteiger partial charge in [0.1, 0.15) is 0 Å². The molecule has 3 rings (SSSR count). The SMILES string of the molecule is Cc1cccc(N(C)S(=O)(=O)c2ccc3c(c2)CCCC(=O)N3)c1. The lowest BCUT2D eigenvalue weighted by molar-refractivity contribution is -0.116. The summed E-state index contributed by atoms with van der Waals surface area (Å²) in [6.45, 7) is 1.93. The number of hydrogen-bond donors (Lipinski definition) is 1. The van der Waals surface area contributed by atoms with Crippen molar-refractivity contribution in [3.8, 4) is 0 Å². The first-order chi connectivity index (χ1) is 11.4. The van der Waals surface area contributed by atoms with Crippen LogP contribution < -0.4 is 9.62 Å². The summed E-state index contributed by atoms with van der Waals surface area (Å²) < 4.78 is 27.1. The molecule has 5 nitrogen and oxygen atoms in total. The van der Waals surface area contributed by atoms with Crippen LogP contribution in [0.3, 0.4) is 0 Å². The highest BCUT2D eigenvalue weighted by molar-refractivity contribution is 7.92. The third kappa shape index (κ3) is 3.14. The van der Waals surface area contributed by atoms with Gasteiger partial charge in [-0.2, -0.15) is 0 Å². The summed E-state index contributed by atoms with van der Waals surface area (Å²) in [4.78, 5) is 11.9. The second-order valence-electron chi connectivity index (χ2n) is 6.03. The van der Waals surface area contributed by atoms with Gasteiger partial charge >= 0.3 is 0 Å². The third-order valence-corrected chi connectivity index (χ3v) is 6.01. The molecule has 0 aromatic heterocycles. The number of sulfonamides is 1. The summed E-state index contributed by atoms with van der Waals surface area (Å²) in [5, 5.41) is 2.82. The number of fused-ring (bicyclic) bond motifs is 1. The van der Waals surface area contributed by atoms with Gasteiger partial charge < -0.3 is 5.32 Å². The van der Waals surface area contributed by atoms with Crippen LogP contribution in [0.25, 0.3) is 0 Å². The quantitative estimate of drug-likeness (QED) is 0.930. The number of nitrogens with zero attached hydrogens (tertiary/aromatic N) is 1. The molecule has 1 N–H and O–H groups in total. The molecule has 0 saturated carbocycles. The van der Waals surface area contributed by atoms with Crippen LogP contribution in [-0.4, -0.2) is 21.4 Å². The Hall–Kier alpha value is -2.34. The van der Waals surface area contributed by atoms with Gasteiger partial charge in [-0.1, -0.05) is 12.1 Å². The van der Waals surface area contributed by atoms with Crippen LogP contribution in [0.4, 0.5) is 11.4 Å². The summed E-state index contributed by atoms with van der Waals surface area (Å²) in [5.41, 5.74) is 3.19. The molecule has 6 heteroatoms. The molecule has 0 fully saturated rings. The Morgan fingerprint density at radius 2 is 1.88 bits per heavy atom. The predicted molar refractivity (Wildman–Crippen MR) is 94.8 cm³/mol. The summed E-state index contributed by atoms with van der Waals surface area (Å²) in [7, 11) is -2.09. The predicted octanol–water partition coefficient (Wildman–Crippen LogP) is 3.09. The van der Waals surface area contributed by atoms with E-state index in [1.165, 1.54) is 4.31 Å². The van der Waals surface area contributed by atoms with E-state index in [1.54, 1.807) is 31.3 Å². The van der Waals surface area contributed by atoms with Crippen molar-refractivity contribution in [2.24, 2.45) is 0 Å². The van der Waals surface area contributed by atoms with Crippen LogP contribution in [0, 0.1) is 6.92 Å². The summed E-state index contributed by atoms with van der Waals surface area (Å²) in [6.07, 6.45) is 1.86. The minimum absolute atomic E-state index is 0.0266. The topological polar surface area (TPSA) is 66.5 Å². The van der Waals surface area contributed by atoms with Crippen LogP contribution in [0.2, 0.25) is 0 Å². The molecule has 0 atom stereocenters. The Balaban J connectivity index is 1.98. The van der Waals surface area contributed by atoms with Gasteiger partial charge in [0.2, 0.25) is 5.91 Å². The standard InChI is InChI=1S/C18H20N2O3S/c1-13-5-3-7-15(11-13)20(2)24(22,23)16-9-10-17-14(12-16)6-4-8-18(21)19-17/h3,5,7,9-12H,4,6,8H2,1-2H3,(H,19,21). The molecule has 0 spiro atoms. The van der Waals surface area contributed by atoms with Gasteiger partial charge in [-0.15, -0.1) is 0 Å². The van der Waals surface area contributed by atoms with Crippen molar-refractivity contribution in [2.75, 3.05) is 16.7 Å². The van der Waals surface area contributed by atoms with Crippen molar-refractivity contribution in [2.45, 2.75) is 31.1 Å². The second-order valence-corrected chi connectivity index (χ2v) is 8.00. The molecule has 0 radical (unpaired) electrons. The monoisotopic (exact) mass is 344 g/mol. The van der Waals surface area contributed by atoms with Gasteiger partial charge in [0.05, 0.1) is 10.6 Å². The Kier molecular flexibility index (Phi) is 4.32. The number of carbonyl (C=O) groups is 1. The minimum atomic E-state index is -3.65. The number of amides is 1. The summed E-state index contributed by atoms with van der Waals surface area (Å²) in [5.74, 6) is -0.0266. The lowest BCUT2D eigenvalue weighted by Gasteiger charge is -2.20. The molecule has 2 aromatic rings. The van der Waals surface area contributed by atoms with Crippen molar-refractivity contribution in [3.63, 3.8) is 0 Å². The third-order valence-electron chi connectivity index (χ3n) is 4.22. The second kappa shape index (κ2) is 6.28. The number of carbonyl (C=O) groups excluding carboxylic acids is 1. The molecular weight excluding hydrogens is 324 g/mol. The lowest BCUT2D eigenvalue weighted by atomic mass is 10.1. The van der Waals surface area contributed by atoms with Gasteiger partial charge in [0.15, 0.2) is 0 Å². The van der Waals surface area contributed by atoms with Crippen LogP contribution in [-0.2, 0) is 21.2 Å². The van der Waals surface area contributed by atoms with Crippen LogP contribution in [0.1, 0.15) is 24.0 Å². The van der Waals surface area contributed by atoms with Gasteiger partial charge in [-0.25, -0.2) is 8.42 Å². The first-order valence-electron chi connectivity index (χ1n) is 7.86. The Bertz CT molecular complexity index is 891. The number of nitrogens with one attached hydrogen (secondary N) is 1. The number of anilines is 2. The molecule has 1 amide bonds. The van der Waals surface area contributed by atoms with Crippen molar-refractivity contribution in [3.05, 3.63) is 53.6 Å². The number of benzene rings is 2. The van der Waals surface area contributed by atoms with Gasteiger partial charge in [0, 0.05) is 19.2 Å². The highest BCUT2D eigenvalue weighted by Crippen LogP contribution is 2.28. The van der Waals surface area contributed by atoms with E-state index < -0.39 is 10.0 Å². The Morgan fingerprint density at radius 1 is 1.08 bits per heavy atom. The van der Waals surface area contributed by atoms with Crippen molar-refractivity contribution in [1.82, 2.24) is 0 Å². The molecule has 0 saturated heterocycles. The van der Waals surface area contributed by atoms with Crippen molar-refractivity contribution in [1.29, 1.82) is 0 Å². The average molecular weight is 344 g/mol. The molecule has 24 heavy (non-hydrogen) atoms. The molecule has 0 aliphatic carbocycles. The van der Waals surface area contributed by atoms with E-state index >= 15 is 0 Å². The lowest BCUT2D eigenvalue weighted by Crippen LogP contribution is -2.26. The highest BCUT2D eigenvalue weighted by Gasteiger charge is 2.23. The van der Waals surface area contributed by atoms with E-state index in [0.29, 0.717) is 24.2 Å². The maximum atomic E-state index is 12.9. The fraction of sp³-hybridized carbons (Fsp3) is 0.278. The molecule has 0 bridgehead atoms. The summed E-state index contributed by atoms with van der Waals surface area (Å²) >= 11 is 0. The highest BCUT2D eigenvalue weighted by atomic mass is 32.2. The average Bonchev–Trinajstić information content (AvgIpc) is 2.73. The van der Waals surface area contributed by atoms with Gasteiger partial charge in [0.25, 0.3) is 10.0 Å². The maximum Gasteiger partial charge on any atom is 0.264 e. The Labute approximate surface area is 142 Å². The zero-order valence-corrected chi connectivity index (χ0v) is 14.6. The van der Waals surface area contributed by atoms with E-state index in [2.05, 4.69) is 5.32 Å². The number of rotatable bonds is 3. The minimum Gasteiger partial charge on any atom is -0.326 e. The molecular formula is C18H20N2O3S. The first-order valence-corrected chi connectivity index (χ1v) is 9.30. The fourth-order valence-corrected chi connectivity index (χ4v) is 4.07. The zero-order chi connectivity index (χ0) is 17.3. The zero-order valence-electron chi connectivity index (χ0n) is 13.7. The summed E-state index contributed by atoms with van der Waals surface area (Å²) in [6, 6.07) is 12.3. The maximum absolute atomic E-state index is 12.9. The van der Waals surface area contributed by atoms with Gasteiger partial charge in [-0.05, 0) is 61.2 Å². The van der Waals surface area contributed by atoms with E-state index in [0.717, 1.165) is 17.5 Å². The molecule has 1 heterocycles. The first kappa shape index (κ1) is 16.5. The number of aryl methyl sites for hydroxylation is 2. The van der Waals surface area contributed by atoms with E-state index in [4.69, 9.17) is 0 Å². The Morgan fingerprint density at radius 3 is 2.62 bits per heavy atom. The number of hydrogen-bond acceptors (Lipinski definition) is 3. The molecule has 1 aliphatic heterocycles. The normalized spacial score (nSPS) is 14.5. The fourth-order valence-electron chi connectivity index (χ4n) is 2.83. The largest absolute Gasteiger partial charge is 0.326 e. The van der Waals surface area contributed by atoms with Gasteiger partial charge in [-0.3, -0.25) is 9.10 Å². The smallest absolute Gasteiger partial charge is 0.264 e. The molecule has 1 aliphatic rings. The van der Waals surface area contributed by atoms with Crippen LogP contribution in [0.15, 0.2) is 47.4 Å². The van der Waals surface area contributed by atoms with Crippen LogP contribution >= 0.6 is 0 Å². The molecule has 126 valence electrons. The van der Waals surface area contributed by atoms with E-state index in [-0.39, 0.29) is 10.8 Å². The van der Waals surface area contributed by atoms with Crippen LogP contribution in [0.5, 0.6) is 0 Å².